The second kappa shape index (κ2) is 5.77. The van der Waals surface area contributed by atoms with Crippen molar-refractivity contribution < 1.29 is 24.2 Å². The van der Waals surface area contributed by atoms with Gasteiger partial charge in [-0.25, -0.2) is 9.59 Å². The van der Waals surface area contributed by atoms with Gasteiger partial charge >= 0.3 is 12.1 Å². The van der Waals surface area contributed by atoms with Crippen LogP contribution < -0.4 is 0 Å². The number of amides is 1. The van der Waals surface area contributed by atoms with E-state index in [0.29, 0.717) is 12.1 Å². The maximum Gasteiger partial charge on any atom is 0.410 e. The molecule has 0 spiro atoms. The van der Waals surface area contributed by atoms with E-state index >= 15 is 0 Å². The van der Waals surface area contributed by atoms with Gasteiger partial charge in [0.2, 0.25) is 0 Å². The number of cyclic esters (lactones) is 1. The summed E-state index contributed by atoms with van der Waals surface area (Å²) in [5, 5.41) is 10.4. The first-order valence-electron chi connectivity index (χ1n) is 8.13. The summed E-state index contributed by atoms with van der Waals surface area (Å²) >= 11 is 0. The summed E-state index contributed by atoms with van der Waals surface area (Å²) in [5.74, 6) is -0.500. The number of fused-ring (bicyclic) bond motifs is 1. The molecule has 1 saturated heterocycles. The van der Waals surface area contributed by atoms with Gasteiger partial charge in [0, 0.05) is 18.0 Å². The predicted molar refractivity (Wildman–Crippen MR) is 86.9 cm³/mol. The zero-order valence-electron chi connectivity index (χ0n) is 14.5. The first-order chi connectivity index (χ1) is 11.2. The number of aliphatic hydroxyl groups is 1. The molecule has 1 fully saturated rings. The molecule has 1 N–H and O–H groups in total. The third-order valence-electron chi connectivity index (χ3n) is 4.55. The fourth-order valence-corrected chi connectivity index (χ4v) is 3.34. The Kier molecular flexibility index (Phi) is 4.03. The number of rotatable bonds is 1. The van der Waals surface area contributed by atoms with Crippen LogP contribution in [0, 0.1) is 6.92 Å². The molecule has 3 rings (SSSR count). The number of esters is 1. The Labute approximate surface area is 141 Å². The van der Waals surface area contributed by atoms with E-state index in [-0.39, 0.29) is 25.0 Å². The highest BCUT2D eigenvalue weighted by atomic mass is 16.6. The summed E-state index contributed by atoms with van der Waals surface area (Å²) in [6, 6.07) is 3.60. The number of aliphatic hydroxyl groups excluding tert-OH is 1. The summed E-state index contributed by atoms with van der Waals surface area (Å²) < 4.78 is 10.5. The summed E-state index contributed by atoms with van der Waals surface area (Å²) in [6.07, 6.45) is -1.08. The Morgan fingerprint density at radius 2 is 2.04 bits per heavy atom. The maximum atomic E-state index is 12.2. The normalized spacial score (nSPS) is 23.2. The summed E-state index contributed by atoms with van der Waals surface area (Å²) in [5.41, 5.74) is 2.80. The molecule has 1 aromatic rings. The average Bonchev–Trinajstić information content (AvgIpc) is 3.02. The van der Waals surface area contributed by atoms with Crippen molar-refractivity contribution in [1.29, 1.82) is 0 Å². The quantitative estimate of drug-likeness (QED) is 0.799. The molecule has 0 bridgehead atoms. The van der Waals surface area contributed by atoms with Gasteiger partial charge in [-0.05, 0) is 44.9 Å². The van der Waals surface area contributed by atoms with E-state index in [1.54, 1.807) is 6.07 Å². The fraction of sp³-hybridized carbons (Fsp3) is 0.556. The Bertz CT molecular complexity index is 691. The van der Waals surface area contributed by atoms with Gasteiger partial charge in [-0.15, -0.1) is 0 Å². The molecule has 2 aliphatic rings. The smallest absolute Gasteiger partial charge is 0.410 e. The third-order valence-corrected chi connectivity index (χ3v) is 4.55. The first-order valence-corrected chi connectivity index (χ1v) is 8.13. The van der Waals surface area contributed by atoms with Crippen LogP contribution in [0.3, 0.4) is 0 Å². The molecule has 0 radical (unpaired) electrons. The van der Waals surface area contributed by atoms with Crippen LogP contribution in [0.25, 0.3) is 0 Å². The second-order valence-corrected chi connectivity index (χ2v) is 7.44. The van der Waals surface area contributed by atoms with Crippen molar-refractivity contribution in [3.63, 3.8) is 0 Å². The number of ether oxygens (including phenoxy) is 2. The standard InChI is InChI=1S/C18H23NO5/c1-10-11(5-6-12-14(10)9-23-16(12)21)13-7-19(8-15(13)20)17(22)24-18(2,3)4/h5-6,13,15,20H,7-9H2,1-4H3. The molecule has 6 heteroatoms. The van der Waals surface area contributed by atoms with Crippen LogP contribution in [0.4, 0.5) is 4.79 Å². The molecular formula is C18H23NO5. The molecule has 2 unspecified atom stereocenters. The number of carbonyl (C=O) groups is 2. The molecule has 1 amide bonds. The van der Waals surface area contributed by atoms with Crippen LogP contribution >= 0.6 is 0 Å². The van der Waals surface area contributed by atoms with E-state index in [0.717, 1.165) is 16.7 Å². The number of nitrogens with zero attached hydrogens (tertiary/aromatic N) is 1. The molecule has 24 heavy (non-hydrogen) atoms. The Morgan fingerprint density at radius 1 is 1.33 bits per heavy atom. The van der Waals surface area contributed by atoms with E-state index in [1.165, 1.54) is 4.90 Å². The van der Waals surface area contributed by atoms with E-state index in [2.05, 4.69) is 0 Å². The van der Waals surface area contributed by atoms with E-state index in [9.17, 15) is 14.7 Å². The Hall–Kier alpha value is -2.08. The fourth-order valence-electron chi connectivity index (χ4n) is 3.34. The van der Waals surface area contributed by atoms with Crippen LogP contribution in [0.2, 0.25) is 0 Å². The minimum atomic E-state index is -0.660. The molecule has 2 atom stereocenters. The van der Waals surface area contributed by atoms with Gasteiger partial charge in [-0.3, -0.25) is 0 Å². The topological polar surface area (TPSA) is 76.1 Å². The number of hydrogen-bond acceptors (Lipinski definition) is 5. The zero-order valence-corrected chi connectivity index (χ0v) is 14.5. The lowest BCUT2D eigenvalue weighted by molar-refractivity contribution is 0.0269. The van der Waals surface area contributed by atoms with Gasteiger partial charge in [0.25, 0.3) is 0 Å². The molecule has 1 aromatic carbocycles. The Balaban J connectivity index is 1.82. The van der Waals surface area contributed by atoms with Crippen molar-refractivity contribution in [2.75, 3.05) is 13.1 Å². The minimum Gasteiger partial charge on any atom is -0.457 e. The SMILES string of the molecule is Cc1c(C2CN(C(=O)OC(C)(C)C)CC2O)ccc2c1COC2=O. The molecule has 0 saturated carbocycles. The van der Waals surface area contributed by atoms with Crippen LogP contribution in [-0.2, 0) is 16.1 Å². The summed E-state index contributed by atoms with van der Waals surface area (Å²) in [4.78, 5) is 25.4. The first kappa shape index (κ1) is 16.8. The van der Waals surface area contributed by atoms with Gasteiger partial charge in [-0.1, -0.05) is 6.07 Å². The van der Waals surface area contributed by atoms with Gasteiger partial charge in [0.15, 0.2) is 0 Å². The minimum absolute atomic E-state index is 0.196. The maximum absolute atomic E-state index is 12.2. The molecule has 130 valence electrons. The van der Waals surface area contributed by atoms with Gasteiger partial charge in [0.1, 0.15) is 12.2 Å². The molecule has 0 aliphatic carbocycles. The summed E-state index contributed by atoms with van der Waals surface area (Å²) in [6.45, 7) is 8.28. The van der Waals surface area contributed by atoms with Crippen molar-refractivity contribution >= 4 is 12.1 Å². The number of hydrogen-bond donors (Lipinski definition) is 1. The van der Waals surface area contributed by atoms with Crippen molar-refractivity contribution in [2.24, 2.45) is 0 Å². The molecule has 2 heterocycles. The van der Waals surface area contributed by atoms with E-state index in [4.69, 9.17) is 9.47 Å². The monoisotopic (exact) mass is 333 g/mol. The lowest BCUT2D eigenvalue weighted by Crippen LogP contribution is -2.35. The highest BCUT2D eigenvalue weighted by Gasteiger charge is 2.38. The van der Waals surface area contributed by atoms with E-state index < -0.39 is 17.8 Å². The average molecular weight is 333 g/mol. The zero-order chi connectivity index (χ0) is 17.6. The third kappa shape index (κ3) is 2.98. The van der Waals surface area contributed by atoms with Crippen LogP contribution in [0.5, 0.6) is 0 Å². The van der Waals surface area contributed by atoms with Gasteiger partial charge in [0.05, 0.1) is 18.2 Å². The van der Waals surface area contributed by atoms with E-state index in [1.807, 2.05) is 33.8 Å². The second-order valence-electron chi connectivity index (χ2n) is 7.44. The molecule has 2 aliphatic heterocycles. The number of likely N-dealkylation sites (tertiary alicyclic amines) is 1. The Morgan fingerprint density at radius 3 is 2.71 bits per heavy atom. The van der Waals surface area contributed by atoms with Gasteiger partial charge in [-0.2, -0.15) is 0 Å². The molecular weight excluding hydrogens is 310 g/mol. The van der Waals surface area contributed by atoms with Crippen LogP contribution in [-0.4, -0.2) is 46.9 Å². The van der Waals surface area contributed by atoms with Crippen molar-refractivity contribution in [1.82, 2.24) is 4.90 Å². The molecule has 0 aromatic heterocycles. The van der Waals surface area contributed by atoms with Crippen molar-refractivity contribution in [3.8, 4) is 0 Å². The molecule has 6 nitrogen and oxygen atoms in total. The highest BCUT2D eigenvalue weighted by molar-refractivity contribution is 5.94. The highest BCUT2D eigenvalue weighted by Crippen LogP contribution is 2.35. The van der Waals surface area contributed by atoms with Crippen LogP contribution in [0.1, 0.15) is 53.7 Å². The lowest BCUT2D eigenvalue weighted by Gasteiger charge is -2.24. The van der Waals surface area contributed by atoms with Crippen molar-refractivity contribution in [2.45, 2.75) is 51.9 Å². The summed E-state index contributed by atoms with van der Waals surface area (Å²) in [7, 11) is 0. The van der Waals surface area contributed by atoms with Crippen LogP contribution in [0.15, 0.2) is 12.1 Å². The predicted octanol–water partition coefficient (Wildman–Crippen LogP) is 2.36. The van der Waals surface area contributed by atoms with Crippen molar-refractivity contribution in [3.05, 3.63) is 34.4 Å². The number of β-amino-alcohol motifs (C(OH)–C–C–N with tert-alkyl or cyclic N) is 1. The number of benzene rings is 1. The largest absolute Gasteiger partial charge is 0.457 e. The van der Waals surface area contributed by atoms with Gasteiger partial charge < -0.3 is 19.5 Å². The lowest BCUT2D eigenvalue weighted by atomic mass is 9.88. The number of carbonyl (C=O) groups excluding carboxylic acids is 2.